The van der Waals surface area contributed by atoms with E-state index in [4.69, 9.17) is 6.42 Å². The molecule has 1 N–H and O–H groups in total. The Labute approximate surface area is 109 Å². The van der Waals surface area contributed by atoms with E-state index in [1.165, 1.54) is 16.3 Å². The fourth-order valence-electron chi connectivity index (χ4n) is 2.06. The SMILES string of the molecule is C#CC(NCc1ccc2ccccc2c1)C(C)C. The number of hydrogen-bond acceptors (Lipinski definition) is 1. The average molecular weight is 237 g/mol. The van der Waals surface area contributed by atoms with Crippen LogP contribution in [0.25, 0.3) is 10.8 Å². The number of benzene rings is 2. The number of rotatable bonds is 4. The van der Waals surface area contributed by atoms with Gasteiger partial charge in [-0.05, 0) is 28.3 Å². The molecule has 0 bridgehead atoms. The molecule has 2 aromatic rings. The standard InChI is InChI=1S/C17H19N/c1-4-17(13(2)3)18-12-14-9-10-15-7-5-6-8-16(15)11-14/h1,5-11,13,17-18H,12H2,2-3H3. The summed E-state index contributed by atoms with van der Waals surface area (Å²) in [7, 11) is 0. The molecule has 18 heavy (non-hydrogen) atoms. The number of fused-ring (bicyclic) bond motifs is 1. The third-order valence-corrected chi connectivity index (χ3v) is 3.19. The molecule has 0 radical (unpaired) electrons. The van der Waals surface area contributed by atoms with Crippen LogP contribution in [0.1, 0.15) is 19.4 Å². The molecule has 0 fully saturated rings. The van der Waals surface area contributed by atoms with Crippen molar-refractivity contribution in [2.24, 2.45) is 5.92 Å². The molecule has 0 aliphatic carbocycles. The van der Waals surface area contributed by atoms with Gasteiger partial charge in [0, 0.05) is 6.54 Å². The quantitative estimate of drug-likeness (QED) is 0.801. The van der Waals surface area contributed by atoms with Crippen LogP contribution < -0.4 is 5.32 Å². The summed E-state index contributed by atoms with van der Waals surface area (Å²) in [6.07, 6.45) is 5.52. The summed E-state index contributed by atoms with van der Waals surface area (Å²) >= 11 is 0. The van der Waals surface area contributed by atoms with Crippen molar-refractivity contribution in [3.8, 4) is 12.3 Å². The second kappa shape index (κ2) is 5.71. The first-order valence-electron chi connectivity index (χ1n) is 6.38. The molecule has 2 aromatic carbocycles. The second-order valence-corrected chi connectivity index (χ2v) is 4.95. The molecule has 0 heterocycles. The highest BCUT2D eigenvalue weighted by atomic mass is 14.9. The summed E-state index contributed by atoms with van der Waals surface area (Å²) in [5.41, 5.74) is 1.27. The van der Waals surface area contributed by atoms with Crippen molar-refractivity contribution in [2.75, 3.05) is 0 Å². The van der Waals surface area contributed by atoms with Crippen LogP contribution in [-0.4, -0.2) is 6.04 Å². The number of terminal acetylenes is 1. The Morgan fingerprint density at radius 1 is 1.11 bits per heavy atom. The van der Waals surface area contributed by atoms with E-state index < -0.39 is 0 Å². The van der Waals surface area contributed by atoms with E-state index >= 15 is 0 Å². The molecule has 0 amide bonds. The van der Waals surface area contributed by atoms with Crippen LogP contribution in [0.5, 0.6) is 0 Å². The molecule has 0 spiro atoms. The van der Waals surface area contributed by atoms with Gasteiger partial charge >= 0.3 is 0 Å². The van der Waals surface area contributed by atoms with Crippen molar-refractivity contribution < 1.29 is 0 Å². The summed E-state index contributed by atoms with van der Waals surface area (Å²) in [6, 6.07) is 15.1. The summed E-state index contributed by atoms with van der Waals surface area (Å²) in [6.45, 7) is 5.09. The highest BCUT2D eigenvalue weighted by molar-refractivity contribution is 5.82. The van der Waals surface area contributed by atoms with E-state index in [1.54, 1.807) is 0 Å². The van der Waals surface area contributed by atoms with Crippen LogP contribution in [0.4, 0.5) is 0 Å². The van der Waals surface area contributed by atoms with Crippen LogP contribution in [-0.2, 0) is 6.54 Å². The molecular formula is C17H19N. The molecule has 0 aliphatic heterocycles. The largest absolute Gasteiger partial charge is 0.299 e. The topological polar surface area (TPSA) is 12.0 Å². The van der Waals surface area contributed by atoms with Gasteiger partial charge in [0.25, 0.3) is 0 Å². The predicted molar refractivity (Wildman–Crippen MR) is 78.2 cm³/mol. The van der Waals surface area contributed by atoms with Crippen molar-refractivity contribution in [3.63, 3.8) is 0 Å². The van der Waals surface area contributed by atoms with E-state index in [9.17, 15) is 0 Å². The summed E-state index contributed by atoms with van der Waals surface area (Å²) in [4.78, 5) is 0. The van der Waals surface area contributed by atoms with Crippen LogP contribution in [0.2, 0.25) is 0 Å². The molecule has 1 unspecified atom stereocenters. The Morgan fingerprint density at radius 3 is 2.50 bits per heavy atom. The lowest BCUT2D eigenvalue weighted by Crippen LogP contribution is -2.31. The zero-order valence-electron chi connectivity index (χ0n) is 11.0. The van der Waals surface area contributed by atoms with Crippen molar-refractivity contribution >= 4 is 10.8 Å². The van der Waals surface area contributed by atoms with Gasteiger partial charge in [-0.15, -0.1) is 6.42 Å². The van der Waals surface area contributed by atoms with Crippen molar-refractivity contribution in [1.29, 1.82) is 0 Å². The summed E-state index contributed by atoms with van der Waals surface area (Å²) < 4.78 is 0. The van der Waals surface area contributed by atoms with Crippen molar-refractivity contribution in [3.05, 3.63) is 48.0 Å². The molecule has 1 heteroatoms. The zero-order chi connectivity index (χ0) is 13.0. The molecule has 1 nitrogen and oxygen atoms in total. The summed E-state index contributed by atoms with van der Waals surface area (Å²) in [5, 5.41) is 5.97. The molecule has 0 saturated carbocycles. The predicted octanol–water partition coefficient (Wildman–Crippen LogP) is 3.59. The molecular weight excluding hydrogens is 218 g/mol. The normalized spacial score (nSPS) is 12.6. The minimum atomic E-state index is 0.136. The maximum absolute atomic E-state index is 5.52. The van der Waals surface area contributed by atoms with Crippen LogP contribution in [0, 0.1) is 18.3 Å². The fraction of sp³-hybridized carbons (Fsp3) is 0.294. The smallest absolute Gasteiger partial charge is 0.0712 e. The van der Waals surface area contributed by atoms with Gasteiger partial charge in [-0.25, -0.2) is 0 Å². The van der Waals surface area contributed by atoms with Gasteiger partial charge in [-0.3, -0.25) is 5.32 Å². The van der Waals surface area contributed by atoms with Crippen LogP contribution in [0.3, 0.4) is 0 Å². The van der Waals surface area contributed by atoms with Gasteiger partial charge in [-0.1, -0.05) is 56.2 Å². The van der Waals surface area contributed by atoms with Crippen molar-refractivity contribution in [2.45, 2.75) is 26.4 Å². The van der Waals surface area contributed by atoms with E-state index in [0.29, 0.717) is 5.92 Å². The van der Waals surface area contributed by atoms with E-state index in [1.807, 2.05) is 0 Å². The van der Waals surface area contributed by atoms with E-state index in [0.717, 1.165) is 6.54 Å². The van der Waals surface area contributed by atoms with E-state index in [-0.39, 0.29) is 6.04 Å². The van der Waals surface area contributed by atoms with Crippen molar-refractivity contribution in [1.82, 2.24) is 5.32 Å². The van der Waals surface area contributed by atoms with Gasteiger partial charge in [0.2, 0.25) is 0 Å². The molecule has 0 aromatic heterocycles. The third kappa shape index (κ3) is 2.91. The first-order valence-corrected chi connectivity index (χ1v) is 6.38. The monoisotopic (exact) mass is 237 g/mol. The minimum absolute atomic E-state index is 0.136. The molecule has 92 valence electrons. The van der Waals surface area contributed by atoms with E-state index in [2.05, 4.69) is 67.5 Å². The molecule has 1 atom stereocenters. The van der Waals surface area contributed by atoms with Gasteiger partial charge in [0.1, 0.15) is 0 Å². The Bertz CT molecular complexity index is 563. The Balaban J connectivity index is 2.11. The van der Waals surface area contributed by atoms with Gasteiger partial charge in [-0.2, -0.15) is 0 Å². The fourth-order valence-corrected chi connectivity index (χ4v) is 2.06. The molecule has 2 rings (SSSR count). The maximum atomic E-state index is 5.52. The lowest BCUT2D eigenvalue weighted by atomic mass is 10.0. The van der Waals surface area contributed by atoms with Gasteiger partial charge in [0.05, 0.1) is 6.04 Å². The lowest BCUT2D eigenvalue weighted by molar-refractivity contribution is 0.476. The summed E-state index contributed by atoms with van der Waals surface area (Å²) in [5.74, 6) is 3.25. The second-order valence-electron chi connectivity index (χ2n) is 4.95. The average Bonchev–Trinajstić information content (AvgIpc) is 2.39. The van der Waals surface area contributed by atoms with Gasteiger partial charge in [0.15, 0.2) is 0 Å². The molecule has 0 aliphatic rings. The number of nitrogens with one attached hydrogen (secondary N) is 1. The maximum Gasteiger partial charge on any atom is 0.0712 e. The Kier molecular flexibility index (Phi) is 4.02. The highest BCUT2D eigenvalue weighted by Crippen LogP contribution is 2.15. The number of hydrogen-bond donors (Lipinski definition) is 1. The first kappa shape index (κ1) is 12.7. The zero-order valence-corrected chi connectivity index (χ0v) is 11.0. The van der Waals surface area contributed by atoms with Gasteiger partial charge < -0.3 is 0 Å². The Morgan fingerprint density at radius 2 is 1.83 bits per heavy atom. The first-order chi connectivity index (χ1) is 8.70. The third-order valence-electron chi connectivity index (χ3n) is 3.19. The minimum Gasteiger partial charge on any atom is -0.299 e. The lowest BCUT2D eigenvalue weighted by Gasteiger charge is -2.16. The molecule has 0 saturated heterocycles. The highest BCUT2D eigenvalue weighted by Gasteiger charge is 2.08. The van der Waals surface area contributed by atoms with Crippen LogP contribution >= 0.6 is 0 Å². The van der Waals surface area contributed by atoms with Crippen LogP contribution in [0.15, 0.2) is 42.5 Å². The Hall–Kier alpha value is -1.78.